The number of pyridine rings is 1. The van der Waals surface area contributed by atoms with E-state index in [2.05, 4.69) is 10.4 Å². The van der Waals surface area contributed by atoms with Crippen molar-refractivity contribution in [3.63, 3.8) is 0 Å². The number of hydrogen-bond acceptors (Lipinski definition) is 5. The summed E-state index contributed by atoms with van der Waals surface area (Å²) in [7, 11) is 1.76. The molecule has 0 unspecified atom stereocenters. The molecule has 94 valence electrons. The summed E-state index contributed by atoms with van der Waals surface area (Å²) >= 11 is 1.63. The van der Waals surface area contributed by atoms with Crippen LogP contribution in [0.2, 0.25) is 0 Å². The van der Waals surface area contributed by atoms with Crippen LogP contribution in [0, 0.1) is 0 Å². The van der Waals surface area contributed by atoms with Gasteiger partial charge in [0.2, 0.25) is 0 Å². The molecule has 0 spiro atoms. The maximum Gasteiger partial charge on any atom is 0.272 e. The first kappa shape index (κ1) is 12.5. The van der Waals surface area contributed by atoms with E-state index >= 15 is 0 Å². The molecule has 0 atom stereocenters. The largest absolute Gasteiger partial charge is 0.335 e. The molecule has 0 aliphatic rings. The minimum Gasteiger partial charge on any atom is -0.335 e. The number of nitrogen functional groups attached to an aromatic ring is 1. The second-order valence-corrected chi connectivity index (χ2v) is 4.85. The highest BCUT2D eigenvalue weighted by Crippen LogP contribution is 2.13. The van der Waals surface area contributed by atoms with E-state index in [1.165, 1.54) is 6.20 Å². The topological polar surface area (TPSA) is 71.2 Å². The summed E-state index contributed by atoms with van der Waals surface area (Å²) in [5.41, 5.74) is 3.56. The van der Waals surface area contributed by atoms with Crippen LogP contribution in [0.4, 0.5) is 5.69 Å². The zero-order valence-corrected chi connectivity index (χ0v) is 10.8. The lowest BCUT2D eigenvalue weighted by Gasteiger charge is -2.15. The second-order valence-electron chi connectivity index (χ2n) is 3.82. The van der Waals surface area contributed by atoms with E-state index in [-0.39, 0.29) is 5.91 Å². The van der Waals surface area contributed by atoms with Crippen LogP contribution in [-0.4, -0.2) is 22.8 Å². The van der Waals surface area contributed by atoms with Crippen LogP contribution in [0.5, 0.6) is 0 Å². The van der Waals surface area contributed by atoms with Gasteiger partial charge in [-0.15, -0.1) is 11.3 Å². The van der Waals surface area contributed by atoms with E-state index in [0.717, 1.165) is 4.88 Å². The monoisotopic (exact) mass is 262 g/mol. The Labute approximate surface area is 109 Å². The molecule has 3 N–H and O–H groups in total. The minimum absolute atomic E-state index is 0.105. The van der Waals surface area contributed by atoms with E-state index in [4.69, 9.17) is 5.84 Å². The highest BCUT2D eigenvalue weighted by Gasteiger charge is 2.13. The predicted molar refractivity (Wildman–Crippen MR) is 72.2 cm³/mol. The quantitative estimate of drug-likeness (QED) is 0.650. The van der Waals surface area contributed by atoms with Crippen LogP contribution in [0.1, 0.15) is 15.4 Å². The molecule has 18 heavy (non-hydrogen) atoms. The van der Waals surface area contributed by atoms with Crippen LogP contribution in [0.3, 0.4) is 0 Å². The van der Waals surface area contributed by atoms with Gasteiger partial charge >= 0.3 is 0 Å². The number of nitrogens with two attached hydrogens (primary N) is 1. The molecule has 0 saturated carbocycles. The fourth-order valence-corrected chi connectivity index (χ4v) is 2.27. The number of amides is 1. The van der Waals surface area contributed by atoms with E-state index in [1.807, 2.05) is 17.5 Å². The molecule has 0 aromatic carbocycles. The standard InChI is InChI=1S/C12H14N4OS/c1-16(8-10-3-2-6-18-10)12(17)11-5-4-9(15-13)7-14-11/h2-7,15H,8,13H2,1H3. The first-order chi connectivity index (χ1) is 8.70. The highest BCUT2D eigenvalue weighted by atomic mass is 32.1. The third kappa shape index (κ3) is 2.85. The number of anilines is 1. The van der Waals surface area contributed by atoms with Gasteiger partial charge in [0.1, 0.15) is 5.69 Å². The van der Waals surface area contributed by atoms with Crippen molar-refractivity contribution in [1.29, 1.82) is 0 Å². The van der Waals surface area contributed by atoms with Gasteiger partial charge in [0.05, 0.1) is 18.4 Å². The number of aromatic nitrogens is 1. The van der Waals surface area contributed by atoms with Gasteiger partial charge in [-0.3, -0.25) is 10.6 Å². The van der Waals surface area contributed by atoms with Gasteiger partial charge in [-0.2, -0.15) is 0 Å². The lowest BCUT2D eigenvalue weighted by molar-refractivity contribution is 0.0780. The third-order valence-corrected chi connectivity index (χ3v) is 3.33. The Kier molecular flexibility index (Phi) is 3.91. The van der Waals surface area contributed by atoms with Crippen molar-refractivity contribution < 1.29 is 4.79 Å². The Balaban J connectivity index is 2.05. The fraction of sp³-hybridized carbons (Fsp3) is 0.167. The van der Waals surface area contributed by atoms with Crippen LogP contribution in [-0.2, 0) is 6.54 Å². The number of carbonyl (C=O) groups is 1. The Morgan fingerprint density at radius 3 is 2.89 bits per heavy atom. The highest BCUT2D eigenvalue weighted by molar-refractivity contribution is 7.09. The Hall–Kier alpha value is -1.92. The van der Waals surface area contributed by atoms with Crippen LogP contribution >= 0.6 is 11.3 Å². The SMILES string of the molecule is CN(Cc1cccs1)C(=O)c1ccc(NN)cn1. The average molecular weight is 262 g/mol. The Morgan fingerprint density at radius 1 is 1.50 bits per heavy atom. The normalized spacial score (nSPS) is 10.1. The number of carbonyl (C=O) groups excluding carboxylic acids is 1. The van der Waals surface area contributed by atoms with Gasteiger partial charge in [-0.25, -0.2) is 4.98 Å². The molecule has 2 heterocycles. The van der Waals surface area contributed by atoms with E-state index in [0.29, 0.717) is 17.9 Å². The summed E-state index contributed by atoms with van der Waals surface area (Å²) in [6, 6.07) is 7.35. The molecule has 2 rings (SSSR count). The van der Waals surface area contributed by atoms with Gasteiger partial charge in [0.25, 0.3) is 5.91 Å². The summed E-state index contributed by atoms with van der Waals surface area (Å²) in [6.45, 7) is 0.592. The van der Waals surface area contributed by atoms with Crippen molar-refractivity contribution in [3.05, 3.63) is 46.4 Å². The van der Waals surface area contributed by atoms with Crippen LogP contribution in [0.25, 0.3) is 0 Å². The van der Waals surface area contributed by atoms with Crippen molar-refractivity contribution in [2.75, 3.05) is 12.5 Å². The molecule has 5 nitrogen and oxygen atoms in total. The fourth-order valence-electron chi connectivity index (χ4n) is 1.51. The third-order valence-electron chi connectivity index (χ3n) is 2.47. The van der Waals surface area contributed by atoms with Crippen molar-refractivity contribution >= 4 is 22.9 Å². The zero-order chi connectivity index (χ0) is 13.0. The second kappa shape index (κ2) is 5.61. The molecule has 6 heteroatoms. The number of hydrogen-bond donors (Lipinski definition) is 2. The molecular formula is C12H14N4OS. The molecular weight excluding hydrogens is 248 g/mol. The predicted octanol–water partition coefficient (Wildman–Crippen LogP) is 1.70. The Morgan fingerprint density at radius 2 is 2.33 bits per heavy atom. The van der Waals surface area contributed by atoms with Crippen LogP contribution < -0.4 is 11.3 Å². The van der Waals surface area contributed by atoms with Gasteiger partial charge in [0, 0.05) is 11.9 Å². The summed E-state index contributed by atoms with van der Waals surface area (Å²) in [5, 5.41) is 1.99. The summed E-state index contributed by atoms with van der Waals surface area (Å²) in [4.78, 5) is 18.9. The zero-order valence-electron chi connectivity index (χ0n) is 9.96. The molecule has 0 radical (unpaired) electrons. The Bertz CT molecular complexity index is 509. The maximum absolute atomic E-state index is 12.1. The molecule has 0 aliphatic carbocycles. The average Bonchev–Trinajstić information content (AvgIpc) is 2.91. The van der Waals surface area contributed by atoms with E-state index < -0.39 is 0 Å². The molecule has 0 saturated heterocycles. The lowest BCUT2D eigenvalue weighted by atomic mass is 10.3. The number of nitrogens with zero attached hydrogens (tertiary/aromatic N) is 2. The summed E-state index contributed by atoms with van der Waals surface area (Å²) < 4.78 is 0. The van der Waals surface area contributed by atoms with E-state index in [9.17, 15) is 4.79 Å². The number of rotatable bonds is 4. The smallest absolute Gasteiger partial charge is 0.272 e. The number of nitrogens with one attached hydrogen (secondary N) is 1. The molecule has 0 fully saturated rings. The van der Waals surface area contributed by atoms with Gasteiger partial charge in [-0.1, -0.05) is 6.07 Å². The number of thiophene rings is 1. The maximum atomic E-state index is 12.1. The molecule has 1 amide bonds. The molecule has 2 aromatic rings. The minimum atomic E-state index is -0.105. The van der Waals surface area contributed by atoms with Crippen molar-refractivity contribution in [1.82, 2.24) is 9.88 Å². The number of hydrazine groups is 1. The summed E-state index contributed by atoms with van der Waals surface area (Å²) in [5.74, 6) is 5.14. The van der Waals surface area contributed by atoms with Gasteiger partial charge < -0.3 is 10.3 Å². The van der Waals surface area contributed by atoms with E-state index in [1.54, 1.807) is 35.4 Å². The lowest BCUT2D eigenvalue weighted by Crippen LogP contribution is -2.26. The van der Waals surface area contributed by atoms with Gasteiger partial charge in [-0.05, 0) is 23.6 Å². The molecule has 2 aromatic heterocycles. The van der Waals surface area contributed by atoms with Crippen molar-refractivity contribution in [2.45, 2.75) is 6.54 Å². The van der Waals surface area contributed by atoms with Crippen molar-refractivity contribution in [2.24, 2.45) is 5.84 Å². The first-order valence-electron chi connectivity index (χ1n) is 5.41. The first-order valence-corrected chi connectivity index (χ1v) is 6.29. The van der Waals surface area contributed by atoms with Crippen molar-refractivity contribution in [3.8, 4) is 0 Å². The summed E-state index contributed by atoms with van der Waals surface area (Å²) in [6.07, 6.45) is 1.53. The molecule has 0 aliphatic heterocycles. The van der Waals surface area contributed by atoms with Crippen LogP contribution in [0.15, 0.2) is 35.8 Å². The van der Waals surface area contributed by atoms with Gasteiger partial charge in [0.15, 0.2) is 0 Å². The molecule has 0 bridgehead atoms.